The van der Waals surface area contributed by atoms with Crippen molar-refractivity contribution < 1.29 is 9.84 Å². The maximum Gasteiger partial charge on any atom is 0.145 e. The highest BCUT2D eigenvalue weighted by atomic mass is 35.5. The van der Waals surface area contributed by atoms with Crippen LogP contribution >= 0.6 is 11.6 Å². The maximum absolute atomic E-state index is 11.0. The lowest BCUT2D eigenvalue weighted by molar-refractivity contribution is -0.0894. The fourth-order valence-corrected chi connectivity index (χ4v) is 3.11. The van der Waals surface area contributed by atoms with Crippen LogP contribution in [0.4, 0.5) is 0 Å². The third-order valence-corrected chi connectivity index (χ3v) is 4.44. The number of halogens is 1. The number of ether oxygens (including phenoxy) is 1. The van der Waals surface area contributed by atoms with Gasteiger partial charge in [0.15, 0.2) is 0 Å². The number of fused-ring (bicyclic) bond motifs is 1. The minimum absolute atomic E-state index is 0.376. The average molecular weight is 308 g/mol. The van der Waals surface area contributed by atoms with Crippen molar-refractivity contribution in [2.24, 2.45) is 0 Å². The van der Waals surface area contributed by atoms with E-state index in [1.807, 2.05) is 11.0 Å². The molecule has 6 heteroatoms. The van der Waals surface area contributed by atoms with E-state index in [4.69, 9.17) is 16.3 Å². The smallest absolute Gasteiger partial charge is 0.145 e. The van der Waals surface area contributed by atoms with E-state index in [0.29, 0.717) is 22.0 Å². The molecule has 1 atom stereocenters. The topological polar surface area (TPSA) is 58.5 Å². The number of hydrogen-bond acceptors (Lipinski definition) is 5. The Morgan fingerprint density at radius 1 is 1.29 bits per heavy atom. The minimum atomic E-state index is -1.10. The average Bonchev–Trinajstić information content (AvgIpc) is 3.01. The SMILES string of the molecule is COc1cc2ncnc(Cl)c2cc1C(C)(O)N1CCCC1. The molecule has 0 saturated carbocycles. The summed E-state index contributed by atoms with van der Waals surface area (Å²) in [6.07, 6.45) is 3.61. The number of aliphatic hydroxyl groups is 1. The van der Waals surface area contributed by atoms with Crippen molar-refractivity contribution in [1.82, 2.24) is 14.9 Å². The Labute approximate surface area is 128 Å². The fourth-order valence-electron chi connectivity index (χ4n) is 2.91. The Morgan fingerprint density at radius 2 is 2.00 bits per heavy atom. The first-order valence-electron chi connectivity index (χ1n) is 7.00. The van der Waals surface area contributed by atoms with Crippen molar-refractivity contribution in [3.63, 3.8) is 0 Å². The normalized spacial score (nSPS) is 18.9. The number of rotatable bonds is 3. The van der Waals surface area contributed by atoms with E-state index in [2.05, 4.69) is 9.97 Å². The third kappa shape index (κ3) is 2.46. The van der Waals surface area contributed by atoms with E-state index in [-0.39, 0.29) is 0 Å². The summed E-state index contributed by atoms with van der Waals surface area (Å²) in [7, 11) is 1.59. The molecule has 1 unspecified atom stereocenters. The minimum Gasteiger partial charge on any atom is -0.496 e. The van der Waals surface area contributed by atoms with E-state index >= 15 is 0 Å². The molecule has 1 aliphatic rings. The van der Waals surface area contributed by atoms with Gasteiger partial charge in [0.2, 0.25) is 0 Å². The van der Waals surface area contributed by atoms with E-state index in [1.54, 1.807) is 20.1 Å². The molecule has 112 valence electrons. The number of aromatic nitrogens is 2. The summed E-state index contributed by atoms with van der Waals surface area (Å²) >= 11 is 6.15. The van der Waals surface area contributed by atoms with Gasteiger partial charge >= 0.3 is 0 Å². The molecule has 3 rings (SSSR count). The van der Waals surface area contributed by atoms with Crippen molar-refractivity contribution in [2.75, 3.05) is 20.2 Å². The first kappa shape index (κ1) is 14.5. The molecule has 1 aliphatic heterocycles. The summed E-state index contributed by atoms with van der Waals surface area (Å²) in [6.45, 7) is 3.53. The molecule has 0 spiro atoms. The second-order valence-electron chi connectivity index (χ2n) is 5.45. The van der Waals surface area contributed by atoms with Crippen LogP contribution < -0.4 is 4.74 Å². The van der Waals surface area contributed by atoms with Crippen LogP contribution in [-0.2, 0) is 5.72 Å². The molecule has 0 bridgehead atoms. The summed E-state index contributed by atoms with van der Waals surface area (Å²) in [5, 5.41) is 12.1. The van der Waals surface area contributed by atoms with Crippen molar-refractivity contribution in [3.05, 3.63) is 29.2 Å². The molecule has 21 heavy (non-hydrogen) atoms. The number of methoxy groups -OCH3 is 1. The Bertz CT molecular complexity index is 669. The molecule has 2 aromatic rings. The highest BCUT2D eigenvalue weighted by molar-refractivity contribution is 6.34. The van der Waals surface area contributed by atoms with Crippen molar-refractivity contribution >= 4 is 22.5 Å². The van der Waals surface area contributed by atoms with Gasteiger partial charge in [-0.05, 0) is 25.8 Å². The van der Waals surface area contributed by atoms with Crippen molar-refractivity contribution in [1.29, 1.82) is 0 Å². The summed E-state index contributed by atoms with van der Waals surface area (Å²) in [5.74, 6) is 0.606. The first-order valence-corrected chi connectivity index (χ1v) is 7.38. The molecule has 1 aromatic heterocycles. The van der Waals surface area contributed by atoms with Crippen LogP contribution in [0.15, 0.2) is 18.5 Å². The summed E-state index contributed by atoms with van der Waals surface area (Å²) in [4.78, 5) is 10.3. The number of benzene rings is 1. The van der Waals surface area contributed by atoms with Crippen LogP contribution in [0, 0.1) is 0 Å². The zero-order valence-corrected chi connectivity index (χ0v) is 12.9. The molecule has 0 radical (unpaired) electrons. The standard InChI is InChI=1S/C15H18ClN3O2/c1-15(20,19-5-3-4-6-19)11-7-10-12(8-13(11)21-2)17-9-18-14(10)16/h7-9,20H,3-6H2,1-2H3. The van der Waals surface area contributed by atoms with Crippen LogP contribution in [0.3, 0.4) is 0 Å². The largest absolute Gasteiger partial charge is 0.496 e. The van der Waals surface area contributed by atoms with Gasteiger partial charge in [-0.25, -0.2) is 9.97 Å². The Balaban J connectivity index is 2.18. The Kier molecular flexibility index (Phi) is 3.73. The quantitative estimate of drug-likeness (QED) is 0.883. The fraction of sp³-hybridized carbons (Fsp3) is 0.467. The van der Waals surface area contributed by atoms with Crippen LogP contribution in [0.1, 0.15) is 25.3 Å². The van der Waals surface area contributed by atoms with Gasteiger partial charge < -0.3 is 9.84 Å². The number of likely N-dealkylation sites (tertiary alicyclic amines) is 1. The zero-order valence-electron chi connectivity index (χ0n) is 12.1. The van der Waals surface area contributed by atoms with Gasteiger partial charge in [-0.2, -0.15) is 0 Å². The molecule has 1 aromatic carbocycles. The molecule has 0 aliphatic carbocycles. The Morgan fingerprint density at radius 3 is 2.67 bits per heavy atom. The van der Waals surface area contributed by atoms with Crippen LogP contribution in [0.5, 0.6) is 5.75 Å². The van der Waals surface area contributed by atoms with Crippen LogP contribution in [0.2, 0.25) is 5.15 Å². The van der Waals surface area contributed by atoms with E-state index in [9.17, 15) is 5.11 Å². The highest BCUT2D eigenvalue weighted by Crippen LogP contribution is 2.38. The molecular formula is C15H18ClN3O2. The predicted octanol–water partition coefficient (Wildman–Crippen LogP) is 2.55. The van der Waals surface area contributed by atoms with Gasteiger partial charge in [0.05, 0.1) is 12.6 Å². The molecule has 2 heterocycles. The molecule has 0 amide bonds. The lowest BCUT2D eigenvalue weighted by Gasteiger charge is -2.35. The monoisotopic (exact) mass is 307 g/mol. The molecular weight excluding hydrogens is 290 g/mol. The first-order chi connectivity index (χ1) is 10.0. The second-order valence-corrected chi connectivity index (χ2v) is 5.81. The predicted molar refractivity (Wildman–Crippen MR) is 81.5 cm³/mol. The number of nitrogens with zero attached hydrogens (tertiary/aromatic N) is 3. The van der Waals surface area contributed by atoms with Crippen molar-refractivity contribution in [3.8, 4) is 5.75 Å². The van der Waals surface area contributed by atoms with Crippen LogP contribution in [0.25, 0.3) is 10.9 Å². The zero-order chi connectivity index (χ0) is 15.0. The summed E-state index contributed by atoms with van der Waals surface area (Å²) in [5.41, 5.74) is 0.291. The highest BCUT2D eigenvalue weighted by Gasteiger charge is 2.35. The summed E-state index contributed by atoms with van der Waals surface area (Å²) < 4.78 is 5.45. The van der Waals surface area contributed by atoms with Gasteiger partial charge in [-0.1, -0.05) is 11.6 Å². The molecule has 1 saturated heterocycles. The maximum atomic E-state index is 11.0. The third-order valence-electron chi connectivity index (χ3n) is 4.14. The lowest BCUT2D eigenvalue weighted by Crippen LogP contribution is -2.42. The van der Waals surface area contributed by atoms with Gasteiger partial charge in [-0.15, -0.1) is 0 Å². The Hall–Kier alpha value is -1.43. The second kappa shape index (κ2) is 5.40. The summed E-state index contributed by atoms with van der Waals surface area (Å²) in [6, 6.07) is 3.62. The van der Waals surface area contributed by atoms with Crippen molar-refractivity contribution in [2.45, 2.75) is 25.5 Å². The van der Waals surface area contributed by atoms with E-state index in [1.165, 1.54) is 6.33 Å². The van der Waals surface area contributed by atoms with Crippen LogP contribution in [-0.4, -0.2) is 40.2 Å². The van der Waals surface area contributed by atoms with Gasteiger partial charge in [0, 0.05) is 30.1 Å². The van der Waals surface area contributed by atoms with Gasteiger partial charge in [-0.3, -0.25) is 4.90 Å². The number of hydrogen-bond donors (Lipinski definition) is 1. The lowest BCUT2D eigenvalue weighted by atomic mass is 9.99. The van der Waals surface area contributed by atoms with Gasteiger partial charge in [0.25, 0.3) is 0 Å². The molecule has 5 nitrogen and oxygen atoms in total. The van der Waals surface area contributed by atoms with E-state index in [0.717, 1.165) is 31.3 Å². The molecule has 1 N–H and O–H groups in total. The molecule has 1 fully saturated rings. The van der Waals surface area contributed by atoms with E-state index < -0.39 is 5.72 Å². The van der Waals surface area contributed by atoms with Gasteiger partial charge in [0.1, 0.15) is 23.0 Å².